The second-order valence-corrected chi connectivity index (χ2v) is 6.77. The summed E-state index contributed by atoms with van der Waals surface area (Å²) in [6.45, 7) is 4.74. The van der Waals surface area contributed by atoms with E-state index in [9.17, 15) is 9.59 Å². The summed E-state index contributed by atoms with van der Waals surface area (Å²) in [7, 11) is 0. The van der Waals surface area contributed by atoms with Crippen LogP contribution in [0.25, 0.3) is 0 Å². The van der Waals surface area contributed by atoms with Crippen molar-refractivity contribution in [3.8, 4) is 0 Å². The van der Waals surface area contributed by atoms with Crippen LogP contribution in [-0.4, -0.2) is 23.3 Å². The Bertz CT molecular complexity index is 758. The van der Waals surface area contributed by atoms with Gasteiger partial charge in [0.05, 0.1) is 26.9 Å². The van der Waals surface area contributed by atoms with Crippen LogP contribution in [-0.2, 0) is 0 Å². The molecule has 2 rings (SSSR count). The first-order valence-corrected chi connectivity index (χ1v) is 8.62. The Morgan fingerprint density at radius 2 is 1.68 bits per heavy atom. The molecule has 2 N–H and O–H groups in total. The number of nitrogens with zero attached hydrogens (tertiary/aromatic N) is 1. The number of halogens is 2. The van der Waals surface area contributed by atoms with Crippen LogP contribution in [0.5, 0.6) is 0 Å². The minimum Gasteiger partial charge on any atom is -0.352 e. The highest BCUT2D eigenvalue weighted by atomic mass is 35.5. The lowest BCUT2D eigenvalue weighted by Gasteiger charge is -2.10. The van der Waals surface area contributed by atoms with Crippen molar-refractivity contribution in [2.24, 2.45) is 5.92 Å². The first kappa shape index (κ1) is 19.2. The van der Waals surface area contributed by atoms with Crippen molar-refractivity contribution in [3.63, 3.8) is 0 Å². The molecule has 0 spiro atoms. The number of para-hydroxylation sites is 1. The topological polar surface area (TPSA) is 71.1 Å². The van der Waals surface area contributed by atoms with Crippen LogP contribution >= 0.6 is 23.2 Å². The molecule has 25 heavy (non-hydrogen) atoms. The molecule has 0 atom stereocenters. The standard InChI is InChI=1S/C18H19Cl2N3O2/c1-11(2)6-7-22-17(24)12-8-13(10-21-9-12)18(25)23-16-14(19)4-3-5-15(16)20/h3-5,8-11H,6-7H2,1-2H3,(H,22,24)(H,23,25). The van der Waals surface area contributed by atoms with Gasteiger partial charge in [-0.05, 0) is 30.5 Å². The molecule has 0 unspecified atom stereocenters. The van der Waals surface area contributed by atoms with E-state index in [4.69, 9.17) is 23.2 Å². The van der Waals surface area contributed by atoms with Gasteiger partial charge in [-0.3, -0.25) is 14.6 Å². The molecule has 0 aliphatic heterocycles. The molecule has 132 valence electrons. The third-order valence-electron chi connectivity index (χ3n) is 3.47. The summed E-state index contributed by atoms with van der Waals surface area (Å²) < 4.78 is 0. The summed E-state index contributed by atoms with van der Waals surface area (Å²) in [5, 5.41) is 6.12. The van der Waals surface area contributed by atoms with Gasteiger partial charge in [0.15, 0.2) is 0 Å². The Hall–Kier alpha value is -2.11. The molecule has 0 aliphatic rings. The van der Waals surface area contributed by atoms with Crippen LogP contribution in [0, 0.1) is 5.92 Å². The van der Waals surface area contributed by atoms with E-state index in [1.807, 2.05) is 0 Å². The van der Waals surface area contributed by atoms with E-state index < -0.39 is 5.91 Å². The smallest absolute Gasteiger partial charge is 0.257 e. The third kappa shape index (κ3) is 5.44. The molecule has 7 heteroatoms. The number of hydrogen-bond acceptors (Lipinski definition) is 3. The quantitative estimate of drug-likeness (QED) is 0.780. The highest BCUT2D eigenvalue weighted by molar-refractivity contribution is 6.40. The van der Waals surface area contributed by atoms with Crippen molar-refractivity contribution in [3.05, 3.63) is 57.8 Å². The van der Waals surface area contributed by atoms with E-state index in [1.165, 1.54) is 18.5 Å². The van der Waals surface area contributed by atoms with Gasteiger partial charge in [0.1, 0.15) is 0 Å². The van der Waals surface area contributed by atoms with E-state index >= 15 is 0 Å². The number of carbonyl (C=O) groups is 2. The monoisotopic (exact) mass is 379 g/mol. The van der Waals surface area contributed by atoms with Crippen LogP contribution in [0.15, 0.2) is 36.7 Å². The van der Waals surface area contributed by atoms with Crippen molar-refractivity contribution in [2.75, 3.05) is 11.9 Å². The second kappa shape index (κ2) is 8.83. The number of benzene rings is 1. The molecule has 0 fully saturated rings. The zero-order chi connectivity index (χ0) is 18.4. The fraction of sp³-hybridized carbons (Fsp3) is 0.278. The summed E-state index contributed by atoms with van der Waals surface area (Å²) in [4.78, 5) is 28.5. The van der Waals surface area contributed by atoms with E-state index in [-0.39, 0.29) is 11.5 Å². The molecule has 1 aromatic heterocycles. The van der Waals surface area contributed by atoms with Gasteiger partial charge < -0.3 is 10.6 Å². The Morgan fingerprint density at radius 3 is 2.28 bits per heavy atom. The highest BCUT2D eigenvalue weighted by Gasteiger charge is 2.14. The lowest BCUT2D eigenvalue weighted by atomic mass is 10.1. The summed E-state index contributed by atoms with van der Waals surface area (Å²) in [6.07, 6.45) is 3.68. The number of amides is 2. The molecule has 2 amide bonds. The molecule has 0 saturated heterocycles. The van der Waals surface area contributed by atoms with Crippen LogP contribution in [0.2, 0.25) is 10.0 Å². The average molecular weight is 380 g/mol. The van der Waals surface area contributed by atoms with Crippen molar-refractivity contribution in [1.82, 2.24) is 10.3 Å². The zero-order valence-electron chi connectivity index (χ0n) is 14.0. The van der Waals surface area contributed by atoms with Gasteiger partial charge in [0, 0.05) is 18.9 Å². The first-order valence-electron chi connectivity index (χ1n) is 7.87. The first-order chi connectivity index (χ1) is 11.9. The van der Waals surface area contributed by atoms with Crippen LogP contribution in [0.3, 0.4) is 0 Å². The normalized spacial score (nSPS) is 10.6. The maximum Gasteiger partial charge on any atom is 0.257 e. The van der Waals surface area contributed by atoms with Crippen molar-refractivity contribution in [1.29, 1.82) is 0 Å². The molecule has 0 bridgehead atoms. The molecule has 1 heterocycles. The number of hydrogen-bond donors (Lipinski definition) is 2. The Morgan fingerprint density at radius 1 is 1.08 bits per heavy atom. The average Bonchev–Trinajstić information content (AvgIpc) is 2.58. The van der Waals surface area contributed by atoms with Gasteiger partial charge >= 0.3 is 0 Å². The van der Waals surface area contributed by atoms with Crippen LogP contribution in [0.1, 0.15) is 41.0 Å². The molecule has 0 radical (unpaired) electrons. The minimum atomic E-state index is -0.445. The number of anilines is 1. The fourth-order valence-corrected chi connectivity index (χ4v) is 2.56. The largest absolute Gasteiger partial charge is 0.352 e. The van der Waals surface area contributed by atoms with Crippen molar-refractivity contribution in [2.45, 2.75) is 20.3 Å². The summed E-state index contributed by atoms with van der Waals surface area (Å²) >= 11 is 12.1. The van der Waals surface area contributed by atoms with Gasteiger partial charge in [-0.1, -0.05) is 43.1 Å². The maximum absolute atomic E-state index is 12.4. The second-order valence-electron chi connectivity index (χ2n) is 5.95. The van der Waals surface area contributed by atoms with Gasteiger partial charge in [-0.25, -0.2) is 0 Å². The van der Waals surface area contributed by atoms with Gasteiger partial charge in [-0.15, -0.1) is 0 Å². The molecule has 5 nitrogen and oxygen atoms in total. The van der Waals surface area contributed by atoms with Crippen molar-refractivity contribution >= 4 is 40.7 Å². The number of carbonyl (C=O) groups excluding carboxylic acids is 2. The number of aromatic nitrogens is 1. The molecule has 1 aromatic carbocycles. The Kier molecular flexibility index (Phi) is 6.79. The molecule has 0 saturated carbocycles. The van der Waals surface area contributed by atoms with E-state index in [0.717, 1.165) is 6.42 Å². The predicted octanol–water partition coefficient (Wildman–Crippen LogP) is 4.42. The van der Waals surface area contributed by atoms with Crippen LogP contribution in [0.4, 0.5) is 5.69 Å². The van der Waals surface area contributed by atoms with E-state index in [1.54, 1.807) is 18.2 Å². The zero-order valence-corrected chi connectivity index (χ0v) is 15.5. The SMILES string of the molecule is CC(C)CCNC(=O)c1cncc(C(=O)Nc2c(Cl)cccc2Cl)c1. The van der Waals surface area contributed by atoms with E-state index in [0.29, 0.717) is 33.8 Å². The Balaban J connectivity index is 2.10. The van der Waals surface area contributed by atoms with Gasteiger partial charge in [0.25, 0.3) is 11.8 Å². The lowest BCUT2D eigenvalue weighted by molar-refractivity contribution is 0.0951. The van der Waals surface area contributed by atoms with Gasteiger partial charge in [0.2, 0.25) is 0 Å². The number of nitrogens with one attached hydrogen (secondary N) is 2. The molecular formula is C18H19Cl2N3O2. The maximum atomic E-state index is 12.4. The third-order valence-corrected chi connectivity index (χ3v) is 4.10. The van der Waals surface area contributed by atoms with Gasteiger partial charge in [-0.2, -0.15) is 0 Å². The number of rotatable bonds is 6. The minimum absolute atomic E-state index is 0.243. The predicted molar refractivity (Wildman–Crippen MR) is 100 cm³/mol. The lowest BCUT2D eigenvalue weighted by Crippen LogP contribution is -2.26. The molecular weight excluding hydrogens is 361 g/mol. The summed E-state index contributed by atoms with van der Waals surface area (Å²) in [5.41, 5.74) is 0.886. The summed E-state index contributed by atoms with van der Waals surface area (Å²) in [5.74, 6) is -0.214. The van der Waals surface area contributed by atoms with Crippen molar-refractivity contribution < 1.29 is 9.59 Å². The van der Waals surface area contributed by atoms with E-state index in [2.05, 4.69) is 29.5 Å². The fourth-order valence-electron chi connectivity index (χ4n) is 2.07. The summed E-state index contributed by atoms with van der Waals surface area (Å²) in [6, 6.07) is 6.42. The Labute approximate surface area is 156 Å². The molecule has 2 aromatic rings. The number of pyridine rings is 1. The molecule has 0 aliphatic carbocycles. The van der Waals surface area contributed by atoms with Crippen LogP contribution < -0.4 is 10.6 Å². The highest BCUT2D eigenvalue weighted by Crippen LogP contribution is 2.30.